The van der Waals surface area contributed by atoms with Crippen LogP contribution in [0.3, 0.4) is 0 Å². The minimum atomic E-state index is -0.148. The smallest absolute Gasteiger partial charge is 0.270 e. The molecule has 3 aliphatic rings. The number of piperazine rings is 1. The Hall–Kier alpha value is -3.30. The predicted octanol–water partition coefficient (Wildman–Crippen LogP) is 1.47. The molecule has 0 aromatic carbocycles. The van der Waals surface area contributed by atoms with Crippen LogP contribution < -0.4 is 15.8 Å². The highest BCUT2D eigenvalue weighted by atomic mass is 16.5. The monoisotopic (exact) mass is 460 g/mol. The Balaban J connectivity index is 1.10. The number of carbonyl (C=O) groups is 1. The SMILES string of the molecule is CCc1cc2ncc(CN3CCN(c4ccc(C(=O)NC5COC5)nc4)[C@@H]4C[C@@H]43)cc2[nH]c1=O. The van der Waals surface area contributed by atoms with Crippen molar-refractivity contribution in [3.8, 4) is 0 Å². The van der Waals surface area contributed by atoms with E-state index in [1.54, 1.807) is 6.07 Å². The highest BCUT2D eigenvalue weighted by Crippen LogP contribution is 2.40. The van der Waals surface area contributed by atoms with Crippen molar-refractivity contribution in [2.75, 3.05) is 31.2 Å². The van der Waals surface area contributed by atoms with Gasteiger partial charge in [-0.25, -0.2) is 4.98 Å². The van der Waals surface area contributed by atoms with Gasteiger partial charge in [-0.1, -0.05) is 6.92 Å². The summed E-state index contributed by atoms with van der Waals surface area (Å²) in [6.07, 6.45) is 5.55. The van der Waals surface area contributed by atoms with Crippen LogP contribution in [0.25, 0.3) is 11.0 Å². The van der Waals surface area contributed by atoms with Crippen LogP contribution in [0.5, 0.6) is 0 Å². The maximum Gasteiger partial charge on any atom is 0.270 e. The molecule has 3 aromatic rings. The number of aromatic amines is 1. The Morgan fingerprint density at radius 2 is 2.06 bits per heavy atom. The zero-order valence-corrected chi connectivity index (χ0v) is 19.2. The fourth-order valence-corrected chi connectivity index (χ4v) is 5.00. The number of aryl methyl sites for hydroxylation is 1. The van der Waals surface area contributed by atoms with E-state index in [2.05, 4.69) is 36.1 Å². The minimum Gasteiger partial charge on any atom is -0.377 e. The topological polar surface area (TPSA) is 103 Å². The van der Waals surface area contributed by atoms with Gasteiger partial charge in [0, 0.05) is 43.5 Å². The van der Waals surface area contributed by atoms with Crippen molar-refractivity contribution >= 4 is 22.6 Å². The molecule has 1 amide bonds. The molecule has 6 rings (SSSR count). The van der Waals surface area contributed by atoms with Gasteiger partial charge in [0.2, 0.25) is 0 Å². The van der Waals surface area contributed by atoms with Crippen LogP contribution in [-0.2, 0) is 17.7 Å². The van der Waals surface area contributed by atoms with E-state index in [4.69, 9.17) is 4.74 Å². The number of ether oxygens (including phenoxy) is 1. The normalized spacial score (nSPS) is 22.3. The zero-order valence-electron chi connectivity index (χ0n) is 19.2. The lowest BCUT2D eigenvalue weighted by atomic mass is 10.1. The van der Waals surface area contributed by atoms with E-state index in [0.29, 0.717) is 37.4 Å². The van der Waals surface area contributed by atoms with Crippen LogP contribution in [0.4, 0.5) is 5.69 Å². The molecule has 2 saturated heterocycles. The number of anilines is 1. The third kappa shape index (κ3) is 3.95. The summed E-state index contributed by atoms with van der Waals surface area (Å²) in [4.78, 5) is 41.3. The maximum absolute atomic E-state index is 12.3. The number of hydrogen-bond donors (Lipinski definition) is 2. The van der Waals surface area contributed by atoms with E-state index in [0.717, 1.165) is 53.9 Å². The molecule has 2 aliphatic heterocycles. The fourth-order valence-electron chi connectivity index (χ4n) is 5.00. The molecule has 0 unspecified atom stereocenters. The number of nitrogens with zero attached hydrogens (tertiary/aromatic N) is 4. The van der Waals surface area contributed by atoms with E-state index in [9.17, 15) is 9.59 Å². The highest BCUT2D eigenvalue weighted by Gasteiger charge is 2.48. The Kier molecular flexibility index (Phi) is 5.30. The van der Waals surface area contributed by atoms with Gasteiger partial charge in [-0.3, -0.25) is 19.5 Å². The van der Waals surface area contributed by atoms with Crippen molar-refractivity contribution in [2.45, 2.75) is 44.4 Å². The number of pyridine rings is 3. The van der Waals surface area contributed by atoms with E-state index in [-0.39, 0.29) is 17.5 Å². The Morgan fingerprint density at radius 1 is 1.18 bits per heavy atom. The molecule has 0 bridgehead atoms. The number of fused-ring (bicyclic) bond motifs is 2. The first-order valence-corrected chi connectivity index (χ1v) is 11.9. The van der Waals surface area contributed by atoms with Crippen LogP contribution in [0.1, 0.15) is 35.0 Å². The summed E-state index contributed by atoms with van der Waals surface area (Å²) < 4.78 is 5.10. The maximum atomic E-state index is 12.3. The molecule has 176 valence electrons. The first-order chi connectivity index (χ1) is 16.6. The Morgan fingerprint density at radius 3 is 2.79 bits per heavy atom. The van der Waals surface area contributed by atoms with Crippen molar-refractivity contribution in [2.24, 2.45) is 0 Å². The molecule has 5 heterocycles. The lowest BCUT2D eigenvalue weighted by molar-refractivity contribution is -0.00354. The number of nitrogens with one attached hydrogen (secondary N) is 2. The van der Waals surface area contributed by atoms with Crippen LogP contribution in [0.15, 0.2) is 41.5 Å². The standard InChI is InChI=1S/C25H28N6O3/c1-2-16-8-20-21(29-24(16)32)7-15(10-26-20)12-30-5-6-31(23-9-22(23)30)18-3-4-19(27-11-18)25(33)28-17-13-34-14-17/h3-4,7-8,10-11,17,22-23H,2,5-6,9,12-14H2,1H3,(H,28,33)(H,29,32)/t22-,23+/m0/s1. The third-order valence-electron chi connectivity index (χ3n) is 7.10. The summed E-state index contributed by atoms with van der Waals surface area (Å²) in [6, 6.07) is 8.79. The van der Waals surface area contributed by atoms with Crippen LogP contribution in [0, 0.1) is 0 Å². The lowest BCUT2D eigenvalue weighted by Crippen LogP contribution is -2.48. The van der Waals surface area contributed by atoms with E-state index < -0.39 is 0 Å². The second-order valence-electron chi connectivity index (χ2n) is 9.40. The summed E-state index contributed by atoms with van der Waals surface area (Å²) in [5.41, 5.74) is 4.98. The Labute approximate surface area is 197 Å². The molecule has 1 saturated carbocycles. The first-order valence-electron chi connectivity index (χ1n) is 11.9. The van der Waals surface area contributed by atoms with Gasteiger partial charge in [-0.05, 0) is 42.7 Å². The molecule has 1 aliphatic carbocycles. The largest absolute Gasteiger partial charge is 0.377 e. The van der Waals surface area contributed by atoms with Crippen molar-refractivity contribution < 1.29 is 9.53 Å². The third-order valence-corrected chi connectivity index (χ3v) is 7.10. The summed E-state index contributed by atoms with van der Waals surface area (Å²) in [5, 5.41) is 2.93. The average Bonchev–Trinajstić information content (AvgIpc) is 3.63. The molecule has 2 atom stereocenters. The van der Waals surface area contributed by atoms with Gasteiger partial charge < -0.3 is 19.9 Å². The summed E-state index contributed by atoms with van der Waals surface area (Å²) in [5.74, 6) is -0.148. The molecule has 34 heavy (non-hydrogen) atoms. The number of amides is 1. The van der Waals surface area contributed by atoms with Gasteiger partial charge in [0.25, 0.3) is 11.5 Å². The average molecular weight is 461 g/mol. The van der Waals surface area contributed by atoms with Gasteiger partial charge in [-0.2, -0.15) is 0 Å². The molecule has 3 aromatic heterocycles. The van der Waals surface area contributed by atoms with Crippen LogP contribution in [-0.4, -0.2) is 70.2 Å². The first kappa shape index (κ1) is 21.2. The van der Waals surface area contributed by atoms with Crippen molar-refractivity contribution in [1.82, 2.24) is 25.2 Å². The van der Waals surface area contributed by atoms with Gasteiger partial charge in [0.1, 0.15) is 5.69 Å². The molecule has 9 heteroatoms. The number of rotatable bonds is 6. The molecule has 0 spiro atoms. The van der Waals surface area contributed by atoms with E-state index >= 15 is 0 Å². The molecule has 9 nitrogen and oxygen atoms in total. The van der Waals surface area contributed by atoms with Crippen LogP contribution in [0.2, 0.25) is 0 Å². The quantitative estimate of drug-likeness (QED) is 0.574. The number of aromatic nitrogens is 3. The second-order valence-corrected chi connectivity index (χ2v) is 9.40. The number of carbonyl (C=O) groups excluding carboxylic acids is 1. The molecule has 0 radical (unpaired) electrons. The van der Waals surface area contributed by atoms with Gasteiger partial charge in [-0.15, -0.1) is 0 Å². The number of hydrogen-bond acceptors (Lipinski definition) is 7. The summed E-state index contributed by atoms with van der Waals surface area (Å²) in [6.45, 7) is 5.79. The van der Waals surface area contributed by atoms with Crippen molar-refractivity contribution in [3.63, 3.8) is 0 Å². The summed E-state index contributed by atoms with van der Waals surface area (Å²) in [7, 11) is 0. The Bertz CT molecular complexity index is 1290. The molecular weight excluding hydrogens is 432 g/mol. The van der Waals surface area contributed by atoms with E-state index in [1.807, 2.05) is 31.5 Å². The number of H-pyrrole nitrogens is 1. The van der Waals surface area contributed by atoms with Crippen molar-refractivity contribution in [3.05, 3.63) is 63.8 Å². The second kappa shape index (κ2) is 8.48. The zero-order chi connectivity index (χ0) is 23.2. The lowest BCUT2D eigenvalue weighted by Gasteiger charge is -2.35. The fraction of sp³-hybridized carbons (Fsp3) is 0.440. The van der Waals surface area contributed by atoms with E-state index in [1.165, 1.54) is 0 Å². The van der Waals surface area contributed by atoms with Crippen LogP contribution >= 0.6 is 0 Å². The molecular formula is C25H28N6O3. The van der Waals surface area contributed by atoms with Crippen molar-refractivity contribution in [1.29, 1.82) is 0 Å². The summed E-state index contributed by atoms with van der Waals surface area (Å²) >= 11 is 0. The minimum absolute atomic E-state index is 0.0287. The van der Waals surface area contributed by atoms with Gasteiger partial charge in [0.05, 0.1) is 42.2 Å². The highest BCUT2D eigenvalue weighted by molar-refractivity contribution is 5.92. The molecule has 2 N–H and O–H groups in total. The van der Waals surface area contributed by atoms with Gasteiger partial charge >= 0.3 is 0 Å². The predicted molar refractivity (Wildman–Crippen MR) is 128 cm³/mol. The van der Waals surface area contributed by atoms with Gasteiger partial charge in [0.15, 0.2) is 0 Å². The molecule has 3 fully saturated rings.